The van der Waals surface area contributed by atoms with Crippen LogP contribution in [0, 0.1) is 0 Å². The van der Waals surface area contributed by atoms with Crippen molar-refractivity contribution < 1.29 is 14.0 Å². The SMILES string of the molecule is C=C(C)C(=C)OCCCCCCCCCCC[N+](C)(C)CCCCCCCCCCCOC(=C)C(=C)C. The van der Waals surface area contributed by atoms with Crippen LogP contribution in [-0.4, -0.2) is 44.9 Å². The zero-order valence-corrected chi connectivity index (χ0v) is 25.6. The molecule has 0 N–H and O–H groups in total. The summed E-state index contributed by atoms with van der Waals surface area (Å²) < 4.78 is 12.3. The molecule has 3 heteroatoms. The van der Waals surface area contributed by atoms with Gasteiger partial charge >= 0.3 is 0 Å². The average molecular weight is 519 g/mol. The van der Waals surface area contributed by atoms with Crippen molar-refractivity contribution in [3.63, 3.8) is 0 Å². The van der Waals surface area contributed by atoms with Gasteiger partial charge < -0.3 is 14.0 Å². The summed E-state index contributed by atoms with van der Waals surface area (Å²) in [4.78, 5) is 0. The van der Waals surface area contributed by atoms with Crippen LogP contribution in [0.5, 0.6) is 0 Å². The Morgan fingerprint density at radius 1 is 0.432 bits per heavy atom. The molecule has 37 heavy (non-hydrogen) atoms. The quantitative estimate of drug-likeness (QED) is 0.0444. The van der Waals surface area contributed by atoms with Crippen molar-refractivity contribution in [2.24, 2.45) is 0 Å². The Morgan fingerprint density at radius 3 is 0.946 bits per heavy atom. The van der Waals surface area contributed by atoms with E-state index in [0.29, 0.717) is 0 Å². The number of quaternary nitrogens is 1. The Balaban J connectivity index is 3.39. The summed E-state index contributed by atoms with van der Waals surface area (Å²) >= 11 is 0. The summed E-state index contributed by atoms with van der Waals surface area (Å²) in [7, 11) is 4.84. The van der Waals surface area contributed by atoms with Crippen molar-refractivity contribution in [1.82, 2.24) is 0 Å². The fourth-order valence-corrected chi connectivity index (χ4v) is 4.51. The molecule has 0 rings (SSSR count). The van der Waals surface area contributed by atoms with Gasteiger partial charge in [0.25, 0.3) is 0 Å². The van der Waals surface area contributed by atoms with Gasteiger partial charge in [-0.15, -0.1) is 0 Å². The summed E-state index contributed by atoms with van der Waals surface area (Å²) in [6, 6.07) is 0. The van der Waals surface area contributed by atoms with E-state index in [-0.39, 0.29) is 0 Å². The topological polar surface area (TPSA) is 18.5 Å². The second-order valence-electron chi connectivity index (χ2n) is 11.9. The molecule has 0 unspecified atom stereocenters. The molecule has 0 atom stereocenters. The monoisotopic (exact) mass is 518 g/mol. The Morgan fingerprint density at radius 2 is 0.676 bits per heavy atom. The number of nitrogens with zero attached hydrogens (tertiary/aromatic N) is 1. The summed E-state index contributed by atoms with van der Waals surface area (Å²) in [5, 5.41) is 0. The number of hydrogen-bond donors (Lipinski definition) is 0. The first-order chi connectivity index (χ1) is 17.7. The van der Waals surface area contributed by atoms with Crippen molar-refractivity contribution in [2.75, 3.05) is 40.4 Å². The molecule has 0 radical (unpaired) electrons. The van der Waals surface area contributed by atoms with E-state index in [0.717, 1.165) is 48.7 Å². The Hall–Kier alpha value is -1.48. The van der Waals surface area contributed by atoms with Crippen molar-refractivity contribution in [3.05, 3.63) is 49.0 Å². The van der Waals surface area contributed by atoms with E-state index < -0.39 is 0 Å². The molecule has 0 aromatic carbocycles. The number of allylic oxidation sites excluding steroid dienone is 2. The van der Waals surface area contributed by atoms with Crippen LogP contribution in [0.1, 0.15) is 129 Å². The molecule has 0 heterocycles. The van der Waals surface area contributed by atoms with E-state index >= 15 is 0 Å². The standard InChI is InChI=1S/C34H64NO2/c1-31(2)33(5)36-29-25-21-17-13-9-11-15-19-23-27-35(7,8)28-24-20-16-12-10-14-18-22-26-30-37-34(6)32(3)4/h1,3,5-6,9-30H2,2,4,7-8H3/q+1. The van der Waals surface area contributed by atoms with Gasteiger partial charge in [-0.05, 0) is 63.5 Å². The highest BCUT2D eigenvalue weighted by Gasteiger charge is 2.13. The largest absolute Gasteiger partial charge is 0.494 e. The van der Waals surface area contributed by atoms with Crippen LogP contribution in [0.4, 0.5) is 0 Å². The van der Waals surface area contributed by atoms with Gasteiger partial charge in [-0.3, -0.25) is 0 Å². The normalized spacial score (nSPS) is 11.4. The zero-order chi connectivity index (χ0) is 27.8. The van der Waals surface area contributed by atoms with Gasteiger partial charge in [0, 0.05) is 0 Å². The highest BCUT2D eigenvalue weighted by atomic mass is 16.5. The molecule has 0 amide bonds. The lowest BCUT2D eigenvalue weighted by Gasteiger charge is -2.30. The smallest absolute Gasteiger partial charge is 0.114 e. The maximum absolute atomic E-state index is 5.57. The van der Waals surface area contributed by atoms with E-state index in [1.807, 2.05) is 13.8 Å². The van der Waals surface area contributed by atoms with Crippen LogP contribution in [0.2, 0.25) is 0 Å². The third kappa shape index (κ3) is 24.6. The second kappa shape index (κ2) is 23.6. The lowest BCUT2D eigenvalue weighted by Crippen LogP contribution is -2.41. The minimum Gasteiger partial charge on any atom is -0.494 e. The van der Waals surface area contributed by atoms with Gasteiger partial charge in [0.05, 0.1) is 40.4 Å². The molecular formula is C34H64NO2+. The van der Waals surface area contributed by atoms with Crippen LogP contribution in [0.15, 0.2) is 49.0 Å². The summed E-state index contributed by atoms with van der Waals surface area (Å²) in [6.07, 6.45) is 24.1. The van der Waals surface area contributed by atoms with E-state index in [1.54, 1.807) is 0 Å². The molecule has 0 bridgehead atoms. The Labute approximate surface area is 232 Å². The van der Waals surface area contributed by atoms with E-state index in [4.69, 9.17) is 9.47 Å². The first-order valence-electron chi connectivity index (χ1n) is 15.4. The summed E-state index contributed by atoms with van der Waals surface area (Å²) in [5.74, 6) is 1.48. The molecule has 0 aliphatic rings. The first kappa shape index (κ1) is 35.5. The van der Waals surface area contributed by atoms with Crippen LogP contribution in [-0.2, 0) is 9.47 Å². The summed E-state index contributed by atoms with van der Waals surface area (Å²) in [5.41, 5.74) is 1.86. The zero-order valence-electron chi connectivity index (χ0n) is 25.6. The molecule has 0 aliphatic heterocycles. The number of hydrogen-bond acceptors (Lipinski definition) is 2. The molecule has 0 fully saturated rings. The molecule has 216 valence electrons. The van der Waals surface area contributed by atoms with Gasteiger partial charge in [-0.2, -0.15) is 0 Å². The number of rotatable bonds is 28. The maximum Gasteiger partial charge on any atom is 0.114 e. The molecule has 3 nitrogen and oxygen atoms in total. The predicted molar refractivity (Wildman–Crippen MR) is 165 cm³/mol. The highest BCUT2D eigenvalue weighted by molar-refractivity contribution is 5.16. The minimum atomic E-state index is 0.740. The van der Waals surface area contributed by atoms with Gasteiger partial charge in [-0.25, -0.2) is 0 Å². The Kier molecular flexibility index (Phi) is 22.7. The van der Waals surface area contributed by atoms with E-state index in [1.165, 1.54) is 120 Å². The Bertz CT molecular complexity index is 567. The van der Waals surface area contributed by atoms with E-state index in [9.17, 15) is 0 Å². The third-order valence-corrected chi connectivity index (χ3v) is 7.32. The molecular weight excluding hydrogens is 454 g/mol. The number of unbranched alkanes of at least 4 members (excludes halogenated alkanes) is 16. The third-order valence-electron chi connectivity index (χ3n) is 7.32. The fraction of sp³-hybridized carbons (Fsp3) is 0.765. The van der Waals surface area contributed by atoms with Gasteiger partial charge in [0.2, 0.25) is 0 Å². The van der Waals surface area contributed by atoms with Crippen molar-refractivity contribution in [2.45, 2.75) is 129 Å². The first-order valence-corrected chi connectivity index (χ1v) is 15.4. The highest BCUT2D eigenvalue weighted by Crippen LogP contribution is 2.15. The molecule has 0 spiro atoms. The minimum absolute atomic E-state index is 0.740. The van der Waals surface area contributed by atoms with Crippen LogP contribution in [0.3, 0.4) is 0 Å². The summed E-state index contributed by atoms with van der Waals surface area (Å²) in [6.45, 7) is 23.6. The van der Waals surface area contributed by atoms with Crippen LogP contribution >= 0.6 is 0 Å². The van der Waals surface area contributed by atoms with Gasteiger partial charge in [0.15, 0.2) is 0 Å². The predicted octanol–water partition coefficient (Wildman–Crippen LogP) is 10.3. The van der Waals surface area contributed by atoms with Crippen molar-refractivity contribution >= 4 is 0 Å². The second-order valence-corrected chi connectivity index (χ2v) is 11.9. The molecule has 0 saturated carbocycles. The lowest BCUT2D eigenvalue weighted by molar-refractivity contribution is -0.890. The van der Waals surface area contributed by atoms with Crippen molar-refractivity contribution in [1.29, 1.82) is 0 Å². The van der Waals surface area contributed by atoms with Gasteiger partial charge in [0.1, 0.15) is 11.5 Å². The molecule has 0 aliphatic carbocycles. The molecule has 0 aromatic rings. The van der Waals surface area contributed by atoms with E-state index in [2.05, 4.69) is 40.4 Å². The molecule has 0 saturated heterocycles. The number of ether oxygens (including phenoxy) is 2. The lowest BCUT2D eigenvalue weighted by atomic mass is 10.1. The van der Waals surface area contributed by atoms with Crippen LogP contribution < -0.4 is 0 Å². The average Bonchev–Trinajstić information content (AvgIpc) is 2.84. The van der Waals surface area contributed by atoms with Crippen LogP contribution in [0.25, 0.3) is 0 Å². The molecule has 0 aromatic heterocycles. The maximum atomic E-state index is 5.57. The van der Waals surface area contributed by atoms with Gasteiger partial charge in [-0.1, -0.05) is 103 Å². The van der Waals surface area contributed by atoms with Crippen molar-refractivity contribution in [3.8, 4) is 0 Å². The fourth-order valence-electron chi connectivity index (χ4n) is 4.51.